The molecule has 0 spiro atoms. The molecule has 0 aliphatic heterocycles. The van der Waals surface area contributed by atoms with Gasteiger partial charge in [-0.25, -0.2) is 4.98 Å². The minimum atomic E-state index is 0.659. The minimum absolute atomic E-state index is 0.659. The highest BCUT2D eigenvalue weighted by molar-refractivity contribution is 7.98. The van der Waals surface area contributed by atoms with Gasteiger partial charge >= 0.3 is 0 Å². The van der Waals surface area contributed by atoms with Crippen molar-refractivity contribution >= 4 is 28.8 Å². The molecule has 158 valence electrons. The molecule has 2 aromatic carbocycles. The molecule has 0 amide bonds. The zero-order valence-corrected chi connectivity index (χ0v) is 19.6. The van der Waals surface area contributed by atoms with E-state index >= 15 is 0 Å². The van der Waals surface area contributed by atoms with E-state index in [0.717, 1.165) is 44.2 Å². The first-order chi connectivity index (χ1) is 15.0. The van der Waals surface area contributed by atoms with Gasteiger partial charge in [0.25, 0.3) is 0 Å². The Morgan fingerprint density at radius 2 is 1.74 bits per heavy atom. The predicted molar refractivity (Wildman–Crippen MR) is 132 cm³/mol. The monoisotopic (exact) mass is 447 g/mol. The number of anilines is 1. The van der Waals surface area contributed by atoms with Gasteiger partial charge in [0.1, 0.15) is 5.01 Å². The summed E-state index contributed by atoms with van der Waals surface area (Å²) < 4.78 is 2.11. The molecule has 0 unspecified atom stereocenters. The lowest BCUT2D eigenvalue weighted by Crippen LogP contribution is -2.08. The molecular weight excluding hydrogens is 422 g/mol. The molecule has 0 N–H and O–H groups in total. The molecule has 0 aliphatic rings. The maximum atomic E-state index is 4.81. The third kappa shape index (κ3) is 4.89. The summed E-state index contributed by atoms with van der Waals surface area (Å²) in [5.41, 5.74) is 5.66. The summed E-state index contributed by atoms with van der Waals surface area (Å²) >= 11 is 3.33. The first kappa shape index (κ1) is 21.3. The first-order valence-electron chi connectivity index (χ1n) is 10.0. The van der Waals surface area contributed by atoms with E-state index in [2.05, 4.69) is 87.1 Å². The Kier molecular flexibility index (Phi) is 6.53. The van der Waals surface area contributed by atoms with Crippen LogP contribution in [0.5, 0.6) is 0 Å². The van der Waals surface area contributed by atoms with Crippen LogP contribution in [0.1, 0.15) is 11.3 Å². The van der Waals surface area contributed by atoms with E-state index in [0.29, 0.717) is 6.54 Å². The van der Waals surface area contributed by atoms with Gasteiger partial charge < -0.3 is 4.90 Å². The van der Waals surface area contributed by atoms with Crippen molar-refractivity contribution in [1.82, 2.24) is 19.7 Å². The average Bonchev–Trinajstić information content (AvgIpc) is 3.40. The highest BCUT2D eigenvalue weighted by Gasteiger charge is 2.15. The van der Waals surface area contributed by atoms with Gasteiger partial charge in [0.05, 0.1) is 5.69 Å². The van der Waals surface area contributed by atoms with Crippen LogP contribution in [0.2, 0.25) is 0 Å². The standard InChI is InChI=1S/C24H25N5S2/c1-5-14-29-22(18-10-12-21(13-11-18)28(3)4)26-27-24(29)31-16-20-15-30-23(25-20)19-8-6-17(2)7-9-19/h5-13,15H,1,14,16H2,2-4H3. The Morgan fingerprint density at radius 3 is 2.42 bits per heavy atom. The lowest BCUT2D eigenvalue weighted by Gasteiger charge is -2.13. The number of aryl methyl sites for hydroxylation is 1. The largest absolute Gasteiger partial charge is 0.378 e. The Bertz CT molecular complexity index is 1160. The summed E-state index contributed by atoms with van der Waals surface area (Å²) in [6.07, 6.45) is 1.88. The number of allylic oxidation sites excluding steroid dienone is 1. The number of hydrogen-bond donors (Lipinski definition) is 0. The summed E-state index contributed by atoms with van der Waals surface area (Å²) in [5, 5.41) is 13.0. The maximum absolute atomic E-state index is 4.81. The van der Waals surface area contributed by atoms with Crippen molar-refractivity contribution in [1.29, 1.82) is 0 Å². The molecule has 5 nitrogen and oxygen atoms in total. The molecule has 2 heterocycles. The lowest BCUT2D eigenvalue weighted by atomic mass is 10.2. The van der Waals surface area contributed by atoms with Crippen molar-refractivity contribution in [3.8, 4) is 22.0 Å². The predicted octanol–water partition coefficient (Wildman–Crippen LogP) is 5.92. The minimum Gasteiger partial charge on any atom is -0.378 e. The Morgan fingerprint density at radius 1 is 1.03 bits per heavy atom. The van der Waals surface area contributed by atoms with E-state index < -0.39 is 0 Å². The third-order valence-electron chi connectivity index (χ3n) is 4.87. The topological polar surface area (TPSA) is 46.8 Å². The number of thioether (sulfide) groups is 1. The second-order valence-corrected chi connectivity index (χ2v) is 9.25. The summed E-state index contributed by atoms with van der Waals surface area (Å²) in [7, 11) is 4.07. The van der Waals surface area contributed by atoms with Gasteiger partial charge in [-0.15, -0.1) is 28.1 Å². The molecule has 0 atom stereocenters. The van der Waals surface area contributed by atoms with Crippen LogP contribution < -0.4 is 4.90 Å². The van der Waals surface area contributed by atoms with Crippen LogP contribution in [0.15, 0.2) is 71.7 Å². The van der Waals surface area contributed by atoms with E-state index in [-0.39, 0.29) is 0 Å². The zero-order chi connectivity index (χ0) is 21.8. The van der Waals surface area contributed by atoms with Crippen molar-refractivity contribution < 1.29 is 0 Å². The van der Waals surface area contributed by atoms with Crippen molar-refractivity contribution in [3.05, 3.63) is 77.8 Å². The first-order valence-corrected chi connectivity index (χ1v) is 11.9. The quantitative estimate of drug-likeness (QED) is 0.248. The highest BCUT2D eigenvalue weighted by atomic mass is 32.2. The molecule has 0 bridgehead atoms. The van der Waals surface area contributed by atoms with Gasteiger partial charge in [-0.2, -0.15) is 0 Å². The fraction of sp³-hybridized carbons (Fsp3) is 0.208. The number of nitrogens with zero attached hydrogens (tertiary/aromatic N) is 5. The van der Waals surface area contributed by atoms with Crippen molar-refractivity contribution in [2.24, 2.45) is 0 Å². The van der Waals surface area contributed by atoms with Gasteiger partial charge in [0, 0.05) is 48.6 Å². The molecule has 31 heavy (non-hydrogen) atoms. The Labute approximate surface area is 191 Å². The van der Waals surface area contributed by atoms with E-state index in [9.17, 15) is 0 Å². The Balaban J connectivity index is 1.51. The number of hydrogen-bond acceptors (Lipinski definition) is 6. The summed E-state index contributed by atoms with van der Waals surface area (Å²) in [4.78, 5) is 6.89. The normalized spacial score (nSPS) is 10.9. The molecule has 0 radical (unpaired) electrons. The van der Waals surface area contributed by atoms with Gasteiger partial charge in [0.2, 0.25) is 0 Å². The van der Waals surface area contributed by atoms with Crippen molar-refractivity contribution in [3.63, 3.8) is 0 Å². The second kappa shape index (κ2) is 9.49. The third-order valence-corrected chi connectivity index (χ3v) is 6.81. The van der Waals surface area contributed by atoms with Gasteiger partial charge in [-0.05, 0) is 31.2 Å². The maximum Gasteiger partial charge on any atom is 0.192 e. The van der Waals surface area contributed by atoms with E-state index in [1.54, 1.807) is 23.1 Å². The summed E-state index contributed by atoms with van der Waals surface area (Å²) in [6, 6.07) is 16.8. The summed E-state index contributed by atoms with van der Waals surface area (Å²) in [6.45, 7) is 6.66. The van der Waals surface area contributed by atoms with Crippen LogP contribution in [-0.4, -0.2) is 33.8 Å². The molecule has 0 saturated carbocycles. The van der Waals surface area contributed by atoms with Crippen LogP contribution in [0.4, 0.5) is 5.69 Å². The van der Waals surface area contributed by atoms with Crippen LogP contribution in [0.25, 0.3) is 22.0 Å². The molecule has 0 saturated heterocycles. The lowest BCUT2D eigenvalue weighted by molar-refractivity contribution is 0.731. The fourth-order valence-electron chi connectivity index (χ4n) is 3.15. The van der Waals surface area contributed by atoms with Crippen LogP contribution in [-0.2, 0) is 12.3 Å². The van der Waals surface area contributed by atoms with Crippen molar-refractivity contribution in [2.75, 3.05) is 19.0 Å². The van der Waals surface area contributed by atoms with Crippen LogP contribution in [0.3, 0.4) is 0 Å². The van der Waals surface area contributed by atoms with Gasteiger partial charge in [-0.3, -0.25) is 4.57 Å². The SMILES string of the molecule is C=CCn1c(SCc2csc(-c3ccc(C)cc3)n2)nnc1-c1ccc(N(C)C)cc1. The zero-order valence-electron chi connectivity index (χ0n) is 17.9. The second-order valence-electron chi connectivity index (χ2n) is 7.45. The highest BCUT2D eigenvalue weighted by Crippen LogP contribution is 2.30. The van der Waals surface area contributed by atoms with E-state index in [1.165, 1.54) is 5.56 Å². The van der Waals surface area contributed by atoms with E-state index in [4.69, 9.17) is 4.98 Å². The van der Waals surface area contributed by atoms with Crippen molar-refractivity contribution in [2.45, 2.75) is 24.4 Å². The van der Waals surface area contributed by atoms with Crippen LogP contribution in [0, 0.1) is 6.92 Å². The molecule has 0 aliphatic carbocycles. The number of aromatic nitrogens is 4. The fourth-order valence-corrected chi connectivity index (χ4v) is 4.92. The molecule has 4 aromatic rings. The number of benzene rings is 2. The molecule has 7 heteroatoms. The summed E-state index contributed by atoms with van der Waals surface area (Å²) in [5.74, 6) is 1.60. The molecule has 0 fully saturated rings. The van der Waals surface area contributed by atoms with Gasteiger partial charge in [-0.1, -0.05) is 47.7 Å². The Hall–Kier alpha value is -2.90. The number of thiazole rings is 1. The smallest absolute Gasteiger partial charge is 0.192 e. The average molecular weight is 448 g/mol. The molecular formula is C24H25N5S2. The van der Waals surface area contributed by atoms with E-state index in [1.807, 2.05) is 20.2 Å². The number of rotatable bonds is 8. The van der Waals surface area contributed by atoms with Crippen LogP contribution >= 0.6 is 23.1 Å². The van der Waals surface area contributed by atoms with Gasteiger partial charge in [0.15, 0.2) is 11.0 Å². The molecule has 4 rings (SSSR count). The molecule has 2 aromatic heterocycles.